The van der Waals surface area contributed by atoms with Crippen molar-refractivity contribution in [3.8, 4) is 0 Å². The zero-order valence-electron chi connectivity index (χ0n) is 19.3. The van der Waals surface area contributed by atoms with Crippen molar-refractivity contribution in [1.82, 2.24) is 15.0 Å². The molecule has 1 saturated heterocycles. The summed E-state index contributed by atoms with van der Waals surface area (Å²) in [5.41, 5.74) is 2.01. The molecule has 1 amide bonds. The molecule has 0 aliphatic carbocycles. The third-order valence-electron chi connectivity index (χ3n) is 5.74. The van der Waals surface area contributed by atoms with E-state index in [0.29, 0.717) is 55.6 Å². The van der Waals surface area contributed by atoms with Crippen molar-refractivity contribution in [2.75, 3.05) is 28.6 Å². The molecule has 0 atom stereocenters. The molecule has 1 aliphatic heterocycles. The van der Waals surface area contributed by atoms with E-state index < -0.39 is 17.5 Å². The average Bonchev–Trinajstić information content (AvgIpc) is 2.81. The minimum absolute atomic E-state index is 0.159. The Bertz CT molecular complexity index is 1190. The summed E-state index contributed by atoms with van der Waals surface area (Å²) < 4.78 is 46.4. The lowest BCUT2D eigenvalue weighted by atomic mass is 10.1. The van der Waals surface area contributed by atoms with Crippen LogP contribution in [0.5, 0.6) is 0 Å². The van der Waals surface area contributed by atoms with Gasteiger partial charge >= 0.3 is 0 Å². The van der Waals surface area contributed by atoms with Crippen molar-refractivity contribution in [3.63, 3.8) is 0 Å². The lowest BCUT2D eigenvalue weighted by Gasteiger charge is -2.32. The first-order valence-electron chi connectivity index (χ1n) is 11.1. The Labute approximate surface area is 200 Å². The van der Waals surface area contributed by atoms with Gasteiger partial charge in [-0.25, -0.2) is 23.1 Å². The van der Waals surface area contributed by atoms with Crippen molar-refractivity contribution in [3.05, 3.63) is 65.2 Å². The van der Waals surface area contributed by atoms with Gasteiger partial charge < -0.3 is 20.3 Å². The van der Waals surface area contributed by atoms with Gasteiger partial charge in [0, 0.05) is 49.1 Å². The Morgan fingerprint density at radius 1 is 1.11 bits per heavy atom. The van der Waals surface area contributed by atoms with Gasteiger partial charge in [0.1, 0.15) is 23.8 Å². The Morgan fingerprint density at radius 2 is 1.80 bits per heavy atom. The summed E-state index contributed by atoms with van der Waals surface area (Å²) in [5, 5.41) is 5.95. The maximum atomic E-state index is 13.8. The van der Waals surface area contributed by atoms with Crippen LogP contribution in [0.3, 0.4) is 0 Å². The standard InChI is InChI=1S/C24H25F3N6O2/c1-14-21(30-15(2)34)4-3-5-22(14)31-23-28-13-29-24(32-23)33-8-6-17(7-9-33)35-12-18-19(26)10-16(25)11-20(18)27/h3-5,10-11,13,17H,6-9,12H2,1-2H3,(H,30,34)(H,28,29,31,32). The van der Waals surface area contributed by atoms with Crippen LogP contribution in [0.2, 0.25) is 0 Å². The number of piperidine rings is 1. The SMILES string of the molecule is CC(=O)Nc1cccc(Nc2ncnc(N3CCC(OCc4c(F)cc(F)cc4F)CC3)n2)c1C. The highest BCUT2D eigenvalue weighted by Gasteiger charge is 2.23. The molecule has 0 spiro atoms. The number of benzene rings is 2. The molecule has 0 bridgehead atoms. The third-order valence-corrected chi connectivity index (χ3v) is 5.74. The van der Waals surface area contributed by atoms with Crippen LogP contribution in [-0.2, 0) is 16.1 Å². The molecule has 1 aromatic heterocycles. The summed E-state index contributed by atoms with van der Waals surface area (Å²) in [5.74, 6) is -2.18. The van der Waals surface area contributed by atoms with Gasteiger partial charge in [-0.2, -0.15) is 4.98 Å². The van der Waals surface area contributed by atoms with Gasteiger partial charge in [0.25, 0.3) is 0 Å². The smallest absolute Gasteiger partial charge is 0.232 e. The van der Waals surface area contributed by atoms with Gasteiger partial charge in [-0.15, -0.1) is 0 Å². The first-order valence-corrected chi connectivity index (χ1v) is 11.1. The van der Waals surface area contributed by atoms with Crippen LogP contribution in [0.15, 0.2) is 36.7 Å². The van der Waals surface area contributed by atoms with E-state index in [2.05, 4.69) is 25.6 Å². The quantitative estimate of drug-likeness (QED) is 0.509. The fourth-order valence-corrected chi connectivity index (χ4v) is 3.85. The van der Waals surface area contributed by atoms with Crippen molar-refractivity contribution in [2.45, 2.75) is 39.4 Å². The number of carbonyl (C=O) groups is 1. The second kappa shape index (κ2) is 10.7. The van der Waals surface area contributed by atoms with Gasteiger partial charge in [0.2, 0.25) is 17.8 Å². The molecule has 0 unspecified atom stereocenters. The Morgan fingerprint density at radius 3 is 2.49 bits per heavy atom. The molecule has 1 fully saturated rings. The number of aromatic nitrogens is 3. The van der Waals surface area contributed by atoms with Crippen LogP contribution < -0.4 is 15.5 Å². The highest BCUT2D eigenvalue weighted by atomic mass is 19.1. The molecule has 4 rings (SSSR count). The molecule has 184 valence electrons. The van der Waals surface area contributed by atoms with E-state index >= 15 is 0 Å². The summed E-state index contributed by atoms with van der Waals surface area (Å²) in [6.45, 7) is 4.23. The second-order valence-corrected chi connectivity index (χ2v) is 8.24. The van der Waals surface area contributed by atoms with Crippen molar-refractivity contribution >= 4 is 29.2 Å². The largest absolute Gasteiger partial charge is 0.373 e. The first-order chi connectivity index (χ1) is 16.8. The van der Waals surface area contributed by atoms with E-state index in [1.807, 2.05) is 30.0 Å². The van der Waals surface area contributed by atoms with Crippen molar-refractivity contribution < 1.29 is 22.7 Å². The number of nitrogens with zero attached hydrogens (tertiary/aromatic N) is 4. The fourth-order valence-electron chi connectivity index (χ4n) is 3.85. The third kappa shape index (κ3) is 6.04. The number of hydrogen-bond donors (Lipinski definition) is 2. The zero-order valence-corrected chi connectivity index (χ0v) is 19.3. The molecule has 8 nitrogen and oxygen atoms in total. The molecule has 35 heavy (non-hydrogen) atoms. The van der Waals surface area contributed by atoms with Gasteiger partial charge in [0.15, 0.2) is 0 Å². The summed E-state index contributed by atoms with van der Waals surface area (Å²) in [6, 6.07) is 6.78. The Balaban J connectivity index is 1.35. The lowest BCUT2D eigenvalue weighted by Crippen LogP contribution is -2.38. The summed E-state index contributed by atoms with van der Waals surface area (Å²) in [6.07, 6.45) is 2.43. The van der Waals surface area contributed by atoms with E-state index in [0.717, 1.165) is 11.3 Å². The number of carbonyl (C=O) groups excluding carboxylic acids is 1. The van der Waals surface area contributed by atoms with Gasteiger partial charge in [-0.05, 0) is 37.5 Å². The number of rotatable bonds is 7. The highest BCUT2D eigenvalue weighted by molar-refractivity contribution is 5.90. The topological polar surface area (TPSA) is 92.3 Å². The number of halogens is 3. The molecule has 2 aromatic carbocycles. The Kier molecular flexibility index (Phi) is 7.45. The van der Waals surface area contributed by atoms with Crippen LogP contribution in [-0.4, -0.2) is 40.1 Å². The van der Waals surface area contributed by atoms with Crippen LogP contribution >= 0.6 is 0 Å². The summed E-state index contributed by atoms with van der Waals surface area (Å²) >= 11 is 0. The lowest BCUT2D eigenvalue weighted by molar-refractivity contribution is -0.114. The molecule has 0 radical (unpaired) electrons. The van der Waals surface area contributed by atoms with Gasteiger partial charge in [-0.1, -0.05) is 6.07 Å². The molecule has 0 saturated carbocycles. The molecule has 1 aliphatic rings. The van der Waals surface area contributed by atoms with Crippen LogP contribution in [0.1, 0.15) is 30.9 Å². The number of amides is 1. The Hall–Kier alpha value is -3.73. The van der Waals surface area contributed by atoms with Crippen LogP contribution in [0.4, 0.5) is 36.4 Å². The number of ether oxygens (including phenoxy) is 1. The number of hydrogen-bond acceptors (Lipinski definition) is 7. The van der Waals surface area contributed by atoms with E-state index in [-0.39, 0.29) is 24.2 Å². The maximum Gasteiger partial charge on any atom is 0.232 e. The highest BCUT2D eigenvalue weighted by Crippen LogP contribution is 2.26. The van der Waals surface area contributed by atoms with Crippen LogP contribution in [0, 0.1) is 24.4 Å². The molecule has 3 aromatic rings. The summed E-state index contributed by atoms with van der Waals surface area (Å²) in [7, 11) is 0. The van der Waals surface area contributed by atoms with E-state index in [4.69, 9.17) is 4.74 Å². The normalized spacial score (nSPS) is 14.1. The minimum atomic E-state index is -0.959. The van der Waals surface area contributed by atoms with Crippen molar-refractivity contribution in [2.24, 2.45) is 0 Å². The zero-order chi connectivity index (χ0) is 24.9. The number of anilines is 4. The monoisotopic (exact) mass is 486 g/mol. The predicted molar refractivity (Wildman–Crippen MR) is 125 cm³/mol. The fraction of sp³-hybridized carbons (Fsp3) is 0.333. The van der Waals surface area contributed by atoms with E-state index in [9.17, 15) is 18.0 Å². The van der Waals surface area contributed by atoms with E-state index in [1.54, 1.807) is 0 Å². The molecule has 2 heterocycles. The minimum Gasteiger partial charge on any atom is -0.373 e. The maximum absolute atomic E-state index is 13.8. The average molecular weight is 486 g/mol. The predicted octanol–water partition coefficient (Wildman–Crippen LogP) is 4.48. The first kappa shape index (κ1) is 24.4. The number of nitrogens with one attached hydrogen (secondary N) is 2. The summed E-state index contributed by atoms with van der Waals surface area (Å²) in [4.78, 5) is 26.3. The molecule has 11 heteroatoms. The van der Waals surface area contributed by atoms with Crippen LogP contribution in [0.25, 0.3) is 0 Å². The molecule has 2 N–H and O–H groups in total. The van der Waals surface area contributed by atoms with E-state index in [1.165, 1.54) is 13.3 Å². The second-order valence-electron chi connectivity index (χ2n) is 8.24. The molecular weight excluding hydrogens is 461 g/mol. The molecular formula is C24H25F3N6O2. The van der Waals surface area contributed by atoms with Gasteiger partial charge in [0.05, 0.1) is 12.7 Å². The van der Waals surface area contributed by atoms with Crippen molar-refractivity contribution in [1.29, 1.82) is 0 Å². The van der Waals surface area contributed by atoms with Gasteiger partial charge in [-0.3, -0.25) is 4.79 Å².